The molecule has 1 aromatic heterocycles. The number of benzene rings is 2. The third-order valence-corrected chi connectivity index (χ3v) is 7.09. The summed E-state index contributed by atoms with van der Waals surface area (Å²) in [5.74, 6) is 0.203. The van der Waals surface area contributed by atoms with Crippen LogP contribution in [0.1, 0.15) is 5.82 Å². The van der Waals surface area contributed by atoms with Crippen LogP contribution in [0.4, 0.5) is 4.39 Å². The van der Waals surface area contributed by atoms with Crippen LogP contribution in [0.15, 0.2) is 53.4 Å². The number of halogens is 1. The average Bonchev–Trinajstić information content (AvgIpc) is 3.03. The molecular formula is C20H21FN4O3S. The second-order valence-electron chi connectivity index (χ2n) is 6.97. The van der Waals surface area contributed by atoms with Crippen molar-refractivity contribution in [3.05, 3.63) is 60.2 Å². The maximum atomic E-state index is 13.1. The first kappa shape index (κ1) is 19.5. The van der Waals surface area contributed by atoms with Crippen LogP contribution in [0.5, 0.6) is 0 Å². The van der Waals surface area contributed by atoms with Gasteiger partial charge in [0.25, 0.3) is 0 Å². The summed E-state index contributed by atoms with van der Waals surface area (Å²) in [6, 6.07) is 12.4. The Labute approximate surface area is 168 Å². The predicted octanol–water partition coefficient (Wildman–Crippen LogP) is 2.02. The molecule has 1 fully saturated rings. The summed E-state index contributed by atoms with van der Waals surface area (Å²) in [7, 11) is -3.70. The molecule has 3 aromatic rings. The van der Waals surface area contributed by atoms with Crippen molar-refractivity contribution in [3.63, 3.8) is 0 Å². The molecule has 0 unspecified atom stereocenters. The number of sulfonamides is 1. The van der Waals surface area contributed by atoms with E-state index in [0.29, 0.717) is 13.1 Å². The Morgan fingerprint density at radius 3 is 2.38 bits per heavy atom. The highest BCUT2D eigenvalue weighted by Crippen LogP contribution is 2.19. The number of para-hydroxylation sites is 2. The number of carbonyl (C=O) groups is 1. The molecule has 1 aliphatic heterocycles. The lowest BCUT2D eigenvalue weighted by Crippen LogP contribution is -2.51. The first-order chi connectivity index (χ1) is 13.9. The molecule has 0 radical (unpaired) electrons. The molecule has 0 saturated carbocycles. The molecule has 7 nitrogen and oxygen atoms in total. The minimum Gasteiger partial charge on any atom is -0.339 e. The molecule has 152 valence electrons. The van der Waals surface area contributed by atoms with E-state index in [0.717, 1.165) is 29.0 Å². The molecule has 29 heavy (non-hydrogen) atoms. The number of nitrogens with zero attached hydrogens (tertiary/aromatic N) is 4. The zero-order valence-electron chi connectivity index (χ0n) is 16.0. The van der Waals surface area contributed by atoms with E-state index >= 15 is 0 Å². The van der Waals surface area contributed by atoms with E-state index in [9.17, 15) is 17.6 Å². The molecule has 0 atom stereocenters. The van der Waals surface area contributed by atoms with Gasteiger partial charge in [-0.2, -0.15) is 4.31 Å². The van der Waals surface area contributed by atoms with Crippen LogP contribution in [-0.2, 0) is 21.4 Å². The second-order valence-corrected chi connectivity index (χ2v) is 8.91. The summed E-state index contributed by atoms with van der Waals surface area (Å²) in [5, 5.41) is 0. The van der Waals surface area contributed by atoms with Gasteiger partial charge in [-0.1, -0.05) is 12.1 Å². The average molecular weight is 416 g/mol. The van der Waals surface area contributed by atoms with E-state index in [1.807, 2.05) is 35.8 Å². The Morgan fingerprint density at radius 1 is 1.03 bits per heavy atom. The lowest BCUT2D eigenvalue weighted by molar-refractivity contribution is -0.133. The van der Waals surface area contributed by atoms with Gasteiger partial charge in [0.1, 0.15) is 18.2 Å². The van der Waals surface area contributed by atoms with Crippen LogP contribution in [0.3, 0.4) is 0 Å². The molecule has 0 N–H and O–H groups in total. The second kappa shape index (κ2) is 7.57. The fraction of sp³-hybridized carbons (Fsp3) is 0.300. The lowest BCUT2D eigenvalue weighted by atomic mass is 10.3. The van der Waals surface area contributed by atoms with E-state index < -0.39 is 15.8 Å². The predicted molar refractivity (Wildman–Crippen MR) is 106 cm³/mol. The summed E-state index contributed by atoms with van der Waals surface area (Å²) in [4.78, 5) is 19.0. The number of imidazole rings is 1. The van der Waals surface area contributed by atoms with Crippen molar-refractivity contribution in [2.45, 2.75) is 18.4 Å². The first-order valence-electron chi connectivity index (χ1n) is 9.31. The largest absolute Gasteiger partial charge is 0.339 e. The van der Waals surface area contributed by atoms with E-state index in [-0.39, 0.29) is 30.4 Å². The number of piperazine rings is 1. The number of rotatable bonds is 4. The molecule has 1 amide bonds. The van der Waals surface area contributed by atoms with Gasteiger partial charge in [-0.15, -0.1) is 0 Å². The summed E-state index contributed by atoms with van der Waals surface area (Å²) in [6.07, 6.45) is 0. The van der Waals surface area contributed by atoms with Crippen LogP contribution in [0, 0.1) is 12.7 Å². The highest BCUT2D eigenvalue weighted by Gasteiger charge is 2.30. The van der Waals surface area contributed by atoms with Gasteiger partial charge < -0.3 is 9.47 Å². The maximum absolute atomic E-state index is 13.1. The number of amides is 1. The van der Waals surface area contributed by atoms with E-state index in [1.165, 1.54) is 16.4 Å². The Morgan fingerprint density at radius 2 is 1.69 bits per heavy atom. The SMILES string of the molecule is Cc1nc2ccccc2n1CC(=O)N1CCN(S(=O)(=O)c2ccc(F)cc2)CC1. The van der Waals surface area contributed by atoms with Gasteiger partial charge in [0.2, 0.25) is 15.9 Å². The molecule has 1 aliphatic rings. The summed E-state index contributed by atoms with van der Waals surface area (Å²) < 4.78 is 41.7. The van der Waals surface area contributed by atoms with Crippen LogP contribution < -0.4 is 0 Å². The van der Waals surface area contributed by atoms with Crippen LogP contribution >= 0.6 is 0 Å². The number of fused-ring (bicyclic) bond motifs is 1. The highest BCUT2D eigenvalue weighted by molar-refractivity contribution is 7.89. The Bertz CT molecular complexity index is 1150. The van der Waals surface area contributed by atoms with Gasteiger partial charge in [0.05, 0.1) is 15.9 Å². The zero-order valence-corrected chi connectivity index (χ0v) is 16.8. The van der Waals surface area contributed by atoms with E-state index in [2.05, 4.69) is 4.98 Å². The summed E-state index contributed by atoms with van der Waals surface area (Å²) >= 11 is 0. The minimum atomic E-state index is -3.70. The van der Waals surface area contributed by atoms with E-state index in [4.69, 9.17) is 0 Å². The Balaban J connectivity index is 1.43. The fourth-order valence-corrected chi connectivity index (χ4v) is 4.99. The minimum absolute atomic E-state index is 0.0548. The van der Waals surface area contributed by atoms with Crippen molar-refractivity contribution in [1.82, 2.24) is 18.8 Å². The monoisotopic (exact) mass is 416 g/mol. The van der Waals surface area contributed by atoms with Crippen molar-refractivity contribution < 1.29 is 17.6 Å². The molecule has 1 saturated heterocycles. The smallest absolute Gasteiger partial charge is 0.243 e. The van der Waals surface area contributed by atoms with Gasteiger partial charge in [-0.05, 0) is 43.3 Å². The molecule has 2 heterocycles. The number of hydrogen-bond acceptors (Lipinski definition) is 4. The standard InChI is InChI=1S/C20H21FN4O3S/c1-15-22-18-4-2-3-5-19(18)25(15)14-20(26)23-10-12-24(13-11-23)29(27,28)17-8-6-16(21)7-9-17/h2-9H,10-14H2,1H3. The van der Waals surface area contributed by atoms with E-state index in [1.54, 1.807) is 4.90 Å². The maximum Gasteiger partial charge on any atom is 0.243 e. The quantitative estimate of drug-likeness (QED) is 0.652. The third-order valence-electron chi connectivity index (χ3n) is 5.18. The molecule has 9 heteroatoms. The number of aromatic nitrogens is 2. The lowest BCUT2D eigenvalue weighted by Gasteiger charge is -2.34. The summed E-state index contributed by atoms with van der Waals surface area (Å²) in [6.45, 7) is 3.05. The van der Waals surface area contributed by atoms with Crippen molar-refractivity contribution in [1.29, 1.82) is 0 Å². The molecule has 0 bridgehead atoms. The third kappa shape index (κ3) is 3.75. The topological polar surface area (TPSA) is 75.5 Å². The van der Waals surface area contributed by atoms with Gasteiger partial charge in [0.15, 0.2) is 0 Å². The molecule has 0 aliphatic carbocycles. The van der Waals surface area contributed by atoms with Gasteiger partial charge >= 0.3 is 0 Å². The van der Waals surface area contributed by atoms with Crippen LogP contribution in [0.2, 0.25) is 0 Å². The first-order valence-corrected chi connectivity index (χ1v) is 10.8. The van der Waals surface area contributed by atoms with Crippen molar-refractivity contribution in [3.8, 4) is 0 Å². The molecule has 0 spiro atoms. The number of carbonyl (C=O) groups excluding carboxylic acids is 1. The van der Waals surface area contributed by atoms with Crippen molar-refractivity contribution >= 4 is 27.0 Å². The molecular weight excluding hydrogens is 395 g/mol. The highest BCUT2D eigenvalue weighted by atomic mass is 32.2. The summed E-state index contributed by atoms with van der Waals surface area (Å²) in [5.41, 5.74) is 1.74. The normalized spacial score (nSPS) is 15.7. The van der Waals surface area contributed by atoms with Gasteiger partial charge in [-0.3, -0.25) is 4.79 Å². The zero-order chi connectivity index (χ0) is 20.6. The number of aryl methyl sites for hydroxylation is 1. The number of hydrogen-bond donors (Lipinski definition) is 0. The van der Waals surface area contributed by atoms with Crippen molar-refractivity contribution in [2.24, 2.45) is 0 Å². The Kier molecular flexibility index (Phi) is 5.10. The van der Waals surface area contributed by atoms with Crippen molar-refractivity contribution in [2.75, 3.05) is 26.2 Å². The van der Waals surface area contributed by atoms with Crippen LogP contribution in [-0.4, -0.2) is 59.3 Å². The van der Waals surface area contributed by atoms with Gasteiger partial charge in [-0.25, -0.2) is 17.8 Å². The molecule has 2 aromatic carbocycles. The van der Waals surface area contributed by atoms with Crippen LogP contribution in [0.25, 0.3) is 11.0 Å². The fourth-order valence-electron chi connectivity index (χ4n) is 3.56. The Hall–Kier alpha value is -2.78. The van der Waals surface area contributed by atoms with Gasteiger partial charge in [0, 0.05) is 26.2 Å². The molecule has 4 rings (SSSR count).